The Labute approximate surface area is 120 Å². The first-order valence-electron chi connectivity index (χ1n) is 6.08. The molecule has 0 amide bonds. The van der Waals surface area contributed by atoms with Crippen LogP contribution < -0.4 is 11.3 Å². The third-order valence-corrected chi connectivity index (χ3v) is 3.40. The molecule has 3 rings (SSSR count). The zero-order valence-corrected chi connectivity index (χ0v) is 11.2. The summed E-state index contributed by atoms with van der Waals surface area (Å²) in [5.74, 6) is 5.70. The minimum Gasteiger partial charge on any atom is -0.459 e. The number of hydrogen-bond acceptors (Lipinski definition) is 3. The molecule has 0 radical (unpaired) electrons. The molecule has 0 aliphatic carbocycles. The van der Waals surface area contributed by atoms with Gasteiger partial charge in [-0.1, -0.05) is 29.8 Å². The summed E-state index contributed by atoms with van der Waals surface area (Å²) in [4.78, 5) is 0. The maximum absolute atomic E-state index is 14.0. The molecule has 2 aromatic carbocycles. The van der Waals surface area contributed by atoms with E-state index in [1.165, 1.54) is 18.2 Å². The summed E-state index contributed by atoms with van der Waals surface area (Å²) in [5, 5.41) is 1.38. The van der Waals surface area contributed by atoms with E-state index in [-0.39, 0.29) is 0 Å². The molecule has 5 heteroatoms. The maximum atomic E-state index is 14.0. The van der Waals surface area contributed by atoms with E-state index in [9.17, 15) is 4.39 Å². The summed E-state index contributed by atoms with van der Waals surface area (Å²) in [6.45, 7) is 0. The zero-order chi connectivity index (χ0) is 14.1. The fourth-order valence-corrected chi connectivity index (χ4v) is 2.39. The lowest BCUT2D eigenvalue weighted by atomic mass is 10.0. The predicted molar refractivity (Wildman–Crippen MR) is 76.8 cm³/mol. The lowest BCUT2D eigenvalue weighted by molar-refractivity contribution is 0.462. The average molecular weight is 291 g/mol. The Morgan fingerprint density at radius 1 is 1.15 bits per heavy atom. The molecule has 0 saturated heterocycles. The number of benzene rings is 2. The lowest BCUT2D eigenvalue weighted by Crippen LogP contribution is -2.29. The highest BCUT2D eigenvalue weighted by molar-refractivity contribution is 6.30. The number of halogens is 2. The molecule has 3 nitrogen and oxygen atoms in total. The number of para-hydroxylation sites is 1. The molecule has 0 fully saturated rings. The van der Waals surface area contributed by atoms with E-state index in [1.54, 1.807) is 0 Å². The summed E-state index contributed by atoms with van der Waals surface area (Å²) in [6.07, 6.45) is 0. The molecule has 0 saturated carbocycles. The summed E-state index contributed by atoms with van der Waals surface area (Å²) in [5.41, 5.74) is 3.64. The van der Waals surface area contributed by atoms with E-state index in [0.717, 1.165) is 11.0 Å². The van der Waals surface area contributed by atoms with E-state index in [0.29, 0.717) is 16.3 Å². The average Bonchev–Trinajstić information content (AvgIpc) is 2.87. The van der Waals surface area contributed by atoms with Gasteiger partial charge in [-0.3, -0.25) is 5.84 Å². The lowest BCUT2D eigenvalue weighted by Gasteiger charge is -2.14. The van der Waals surface area contributed by atoms with Gasteiger partial charge in [0.15, 0.2) is 0 Å². The highest BCUT2D eigenvalue weighted by Crippen LogP contribution is 2.30. The number of nitrogens with one attached hydrogen (secondary N) is 1. The fourth-order valence-electron chi connectivity index (χ4n) is 2.21. The largest absolute Gasteiger partial charge is 0.459 e. The normalized spacial score (nSPS) is 12.8. The molecular weight excluding hydrogens is 279 g/mol. The molecular formula is C15H12ClFN2O. The van der Waals surface area contributed by atoms with Crippen LogP contribution in [0.3, 0.4) is 0 Å². The van der Waals surface area contributed by atoms with Crippen molar-refractivity contribution in [3.63, 3.8) is 0 Å². The Bertz CT molecular complexity index is 723. The van der Waals surface area contributed by atoms with E-state index < -0.39 is 11.9 Å². The van der Waals surface area contributed by atoms with E-state index >= 15 is 0 Å². The molecule has 0 bridgehead atoms. The number of hydrogen-bond donors (Lipinski definition) is 2. The quantitative estimate of drug-likeness (QED) is 0.570. The molecule has 0 aliphatic heterocycles. The fraction of sp³-hybridized carbons (Fsp3) is 0.0667. The van der Waals surface area contributed by atoms with Crippen molar-refractivity contribution in [1.29, 1.82) is 0 Å². The first kappa shape index (κ1) is 13.1. The molecule has 1 heterocycles. The van der Waals surface area contributed by atoms with Crippen molar-refractivity contribution in [3.8, 4) is 0 Å². The summed E-state index contributed by atoms with van der Waals surface area (Å²) >= 11 is 5.92. The predicted octanol–water partition coefficient (Wildman–Crippen LogP) is 3.78. The van der Waals surface area contributed by atoms with Gasteiger partial charge in [0.1, 0.15) is 23.2 Å². The van der Waals surface area contributed by atoms with Crippen LogP contribution in [0.2, 0.25) is 5.02 Å². The molecule has 1 atom stereocenters. The van der Waals surface area contributed by atoms with Crippen molar-refractivity contribution in [2.75, 3.05) is 0 Å². The van der Waals surface area contributed by atoms with Gasteiger partial charge in [0, 0.05) is 16.0 Å². The van der Waals surface area contributed by atoms with Crippen LogP contribution in [0, 0.1) is 5.82 Å². The van der Waals surface area contributed by atoms with Crippen molar-refractivity contribution >= 4 is 22.6 Å². The number of nitrogens with two attached hydrogens (primary N) is 1. The highest BCUT2D eigenvalue weighted by Gasteiger charge is 2.20. The third-order valence-electron chi connectivity index (χ3n) is 3.16. The van der Waals surface area contributed by atoms with Gasteiger partial charge in [0.25, 0.3) is 0 Å². The molecule has 1 aromatic heterocycles. The molecule has 1 unspecified atom stereocenters. The molecule has 3 N–H and O–H groups in total. The van der Waals surface area contributed by atoms with Crippen molar-refractivity contribution in [1.82, 2.24) is 5.43 Å². The van der Waals surface area contributed by atoms with Crippen molar-refractivity contribution in [2.45, 2.75) is 6.04 Å². The van der Waals surface area contributed by atoms with Crippen LogP contribution in [-0.4, -0.2) is 0 Å². The van der Waals surface area contributed by atoms with Crippen molar-refractivity contribution in [3.05, 3.63) is 70.7 Å². The van der Waals surface area contributed by atoms with E-state index in [2.05, 4.69) is 5.43 Å². The number of hydrazine groups is 1. The summed E-state index contributed by atoms with van der Waals surface area (Å²) in [6, 6.07) is 13.1. The maximum Gasteiger partial charge on any atom is 0.134 e. The Balaban J connectivity index is 2.11. The topological polar surface area (TPSA) is 51.2 Å². The summed E-state index contributed by atoms with van der Waals surface area (Å²) in [7, 11) is 0. The molecule has 102 valence electrons. The smallest absolute Gasteiger partial charge is 0.134 e. The van der Waals surface area contributed by atoms with Gasteiger partial charge in [-0.15, -0.1) is 0 Å². The van der Waals surface area contributed by atoms with Gasteiger partial charge in [-0.25, -0.2) is 9.82 Å². The highest BCUT2D eigenvalue weighted by atomic mass is 35.5. The van der Waals surface area contributed by atoms with Gasteiger partial charge in [-0.2, -0.15) is 0 Å². The van der Waals surface area contributed by atoms with Crippen LogP contribution in [0.25, 0.3) is 11.0 Å². The zero-order valence-electron chi connectivity index (χ0n) is 10.4. The second kappa shape index (κ2) is 5.25. The SMILES string of the molecule is NNC(c1cc2ccccc2o1)c1cc(Cl)ccc1F. The Morgan fingerprint density at radius 2 is 1.95 bits per heavy atom. The van der Waals surface area contributed by atoms with Gasteiger partial charge < -0.3 is 4.42 Å². The minimum absolute atomic E-state index is 0.346. The molecule has 0 aliphatic rings. The first-order valence-corrected chi connectivity index (χ1v) is 6.46. The monoisotopic (exact) mass is 290 g/mol. The number of fused-ring (bicyclic) bond motifs is 1. The second-order valence-electron chi connectivity index (χ2n) is 4.45. The minimum atomic E-state index is -0.596. The Kier molecular flexibility index (Phi) is 3.44. The third kappa shape index (κ3) is 2.29. The van der Waals surface area contributed by atoms with Crippen molar-refractivity contribution in [2.24, 2.45) is 5.84 Å². The van der Waals surface area contributed by atoms with Crippen LogP contribution in [0.15, 0.2) is 52.9 Å². The van der Waals surface area contributed by atoms with E-state index in [4.69, 9.17) is 21.9 Å². The van der Waals surface area contributed by atoms with Crippen LogP contribution in [-0.2, 0) is 0 Å². The van der Waals surface area contributed by atoms with Crippen LogP contribution in [0.4, 0.5) is 4.39 Å². The summed E-state index contributed by atoms with van der Waals surface area (Å²) < 4.78 is 19.7. The second-order valence-corrected chi connectivity index (χ2v) is 4.89. The van der Waals surface area contributed by atoms with Crippen molar-refractivity contribution < 1.29 is 8.81 Å². The Morgan fingerprint density at radius 3 is 2.70 bits per heavy atom. The van der Waals surface area contributed by atoms with Crippen LogP contribution >= 0.6 is 11.6 Å². The Hall–Kier alpha value is -1.88. The van der Waals surface area contributed by atoms with E-state index in [1.807, 2.05) is 30.3 Å². The standard InChI is InChI=1S/C15H12ClFN2O/c16-10-5-6-12(17)11(8-10)15(19-18)14-7-9-3-1-2-4-13(9)20-14/h1-8,15,19H,18H2. The first-order chi connectivity index (χ1) is 9.69. The van der Waals surface area contributed by atoms with Gasteiger partial charge in [0.05, 0.1) is 0 Å². The van der Waals surface area contributed by atoms with Gasteiger partial charge >= 0.3 is 0 Å². The van der Waals surface area contributed by atoms with Crippen LogP contribution in [0.5, 0.6) is 0 Å². The molecule has 20 heavy (non-hydrogen) atoms. The van der Waals surface area contributed by atoms with Gasteiger partial charge in [-0.05, 0) is 30.3 Å². The molecule has 3 aromatic rings. The van der Waals surface area contributed by atoms with Crippen LogP contribution in [0.1, 0.15) is 17.4 Å². The number of furan rings is 1. The number of rotatable bonds is 3. The molecule has 0 spiro atoms. The van der Waals surface area contributed by atoms with Gasteiger partial charge in [0.2, 0.25) is 0 Å².